The van der Waals surface area contributed by atoms with E-state index in [2.05, 4.69) is 24.5 Å². The molecule has 0 aromatic heterocycles. The lowest BCUT2D eigenvalue weighted by Crippen LogP contribution is -2.49. The second-order valence-corrected chi connectivity index (χ2v) is 7.67. The van der Waals surface area contributed by atoms with E-state index in [0.29, 0.717) is 12.3 Å². The second-order valence-electron chi connectivity index (χ2n) is 7.67. The van der Waals surface area contributed by atoms with Crippen LogP contribution in [-0.4, -0.2) is 17.9 Å². The first-order valence-electron chi connectivity index (χ1n) is 9.63. The average Bonchev–Trinajstić information content (AvgIpc) is 2.62. The van der Waals surface area contributed by atoms with Gasteiger partial charge in [0.25, 0.3) is 0 Å². The standard InChI is InChI=1S/C21H32N2O2/c1-15(2)14-19(23-20(24)18-12-8-5-9-13-18)21(25)22-16(3)17-10-6-4-7-11-17/h4,6-7,10-11,15-16,18-19H,5,8-9,12-14H2,1-3H3,(H,22,25)(H,23,24)/t16-,19+/m1/s1. The molecule has 2 N–H and O–H groups in total. The van der Waals surface area contributed by atoms with E-state index in [0.717, 1.165) is 31.2 Å². The van der Waals surface area contributed by atoms with E-state index in [1.165, 1.54) is 6.42 Å². The summed E-state index contributed by atoms with van der Waals surface area (Å²) in [4.78, 5) is 25.3. The zero-order valence-electron chi connectivity index (χ0n) is 15.8. The maximum Gasteiger partial charge on any atom is 0.243 e. The molecule has 0 unspecified atom stereocenters. The Balaban J connectivity index is 1.97. The van der Waals surface area contributed by atoms with Crippen LogP contribution in [0.3, 0.4) is 0 Å². The monoisotopic (exact) mass is 344 g/mol. The number of benzene rings is 1. The molecule has 2 amide bonds. The van der Waals surface area contributed by atoms with Crippen molar-refractivity contribution in [3.63, 3.8) is 0 Å². The van der Waals surface area contributed by atoms with E-state index in [4.69, 9.17) is 0 Å². The van der Waals surface area contributed by atoms with Crippen LogP contribution >= 0.6 is 0 Å². The van der Waals surface area contributed by atoms with Gasteiger partial charge in [-0.15, -0.1) is 0 Å². The minimum atomic E-state index is -0.458. The van der Waals surface area contributed by atoms with Gasteiger partial charge in [-0.1, -0.05) is 63.4 Å². The Morgan fingerprint density at radius 1 is 1.00 bits per heavy atom. The molecule has 4 nitrogen and oxygen atoms in total. The third-order valence-corrected chi connectivity index (χ3v) is 4.97. The summed E-state index contributed by atoms with van der Waals surface area (Å²) in [7, 11) is 0. The SMILES string of the molecule is CC(C)C[C@H](NC(=O)C1CCCCC1)C(=O)N[C@H](C)c1ccccc1. The predicted molar refractivity (Wildman–Crippen MR) is 101 cm³/mol. The maximum atomic E-state index is 12.8. The van der Waals surface area contributed by atoms with Crippen molar-refractivity contribution in [3.05, 3.63) is 35.9 Å². The number of rotatable bonds is 7. The Morgan fingerprint density at radius 3 is 2.24 bits per heavy atom. The molecule has 138 valence electrons. The first-order valence-corrected chi connectivity index (χ1v) is 9.63. The Hall–Kier alpha value is -1.84. The molecule has 0 spiro atoms. The molecule has 1 aromatic rings. The molecular formula is C21H32N2O2. The fourth-order valence-electron chi connectivity index (χ4n) is 3.50. The quantitative estimate of drug-likeness (QED) is 0.786. The fourth-order valence-corrected chi connectivity index (χ4v) is 3.50. The Kier molecular flexibility index (Phi) is 7.48. The molecule has 1 saturated carbocycles. The van der Waals surface area contributed by atoms with Crippen molar-refractivity contribution < 1.29 is 9.59 Å². The number of amides is 2. The first-order chi connectivity index (χ1) is 12.0. The van der Waals surface area contributed by atoms with Gasteiger partial charge in [0, 0.05) is 5.92 Å². The van der Waals surface area contributed by atoms with Gasteiger partial charge in [0.2, 0.25) is 11.8 Å². The van der Waals surface area contributed by atoms with Gasteiger partial charge in [-0.05, 0) is 37.7 Å². The third kappa shape index (κ3) is 6.18. The van der Waals surface area contributed by atoms with Gasteiger partial charge in [-0.3, -0.25) is 9.59 Å². The molecular weight excluding hydrogens is 312 g/mol. The first kappa shape index (κ1) is 19.5. The summed E-state index contributed by atoms with van der Waals surface area (Å²) in [6, 6.07) is 9.37. The van der Waals surface area contributed by atoms with Crippen molar-refractivity contribution in [1.29, 1.82) is 0 Å². The molecule has 0 aliphatic heterocycles. The van der Waals surface area contributed by atoms with Crippen molar-refractivity contribution in [2.24, 2.45) is 11.8 Å². The number of carbonyl (C=O) groups is 2. The van der Waals surface area contributed by atoms with Crippen molar-refractivity contribution in [2.45, 2.75) is 71.4 Å². The fraction of sp³-hybridized carbons (Fsp3) is 0.619. The van der Waals surface area contributed by atoms with E-state index in [1.54, 1.807) is 0 Å². The van der Waals surface area contributed by atoms with Gasteiger partial charge in [0.1, 0.15) is 6.04 Å². The van der Waals surface area contributed by atoms with Crippen LogP contribution in [0.1, 0.15) is 70.9 Å². The second kappa shape index (κ2) is 9.59. The summed E-state index contributed by atoms with van der Waals surface area (Å²) < 4.78 is 0. The molecule has 2 atom stereocenters. The lowest BCUT2D eigenvalue weighted by Gasteiger charge is -2.26. The lowest BCUT2D eigenvalue weighted by molar-refractivity contribution is -0.132. The van der Waals surface area contributed by atoms with Crippen molar-refractivity contribution in [1.82, 2.24) is 10.6 Å². The Bertz CT molecular complexity index is 550. The van der Waals surface area contributed by atoms with Crippen LogP contribution in [0, 0.1) is 11.8 Å². The van der Waals surface area contributed by atoms with Crippen LogP contribution in [0.15, 0.2) is 30.3 Å². The summed E-state index contributed by atoms with van der Waals surface area (Å²) in [5.41, 5.74) is 1.07. The van der Waals surface area contributed by atoms with E-state index >= 15 is 0 Å². The highest BCUT2D eigenvalue weighted by molar-refractivity contribution is 5.88. The predicted octanol–water partition coefficient (Wildman–Crippen LogP) is 3.98. The minimum Gasteiger partial charge on any atom is -0.348 e. The van der Waals surface area contributed by atoms with Gasteiger partial charge in [-0.25, -0.2) is 0 Å². The molecule has 1 aromatic carbocycles. The van der Waals surface area contributed by atoms with Gasteiger partial charge in [0.05, 0.1) is 6.04 Å². The largest absolute Gasteiger partial charge is 0.348 e. The van der Waals surface area contributed by atoms with E-state index < -0.39 is 6.04 Å². The molecule has 2 rings (SSSR count). The number of carbonyl (C=O) groups excluding carboxylic acids is 2. The van der Waals surface area contributed by atoms with Crippen molar-refractivity contribution >= 4 is 11.8 Å². The molecule has 0 radical (unpaired) electrons. The summed E-state index contributed by atoms with van der Waals surface area (Å²) in [6.07, 6.45) is 6.00. The van der Waals surface area contributed by atoms with Crippen LogP contribution in [0.5, 0.6) is 0 Å². The smallest absolute Gasteiger partial charge is 0.243 e. The molecule has 0 saturated heterocycles. The van der Waals surface area contributed by atoms with E-state index in [-0.39, 0.29) is 23.8 Å². The van der Waals surface area contributed by atoms with Crippen LogP contribution in [0.2, 0.25) is 0 Å². The van der Waals surface area contributed by atoms with Gasteiger partial charge < -0.3 is 10.6 Å². The van der Waals surface area contributed by atoms with E-state index in [1.807, 2.05) is 37.3 Å². The Morgan fingerprint density at radius 2 is 1.64 bits per heavy atom. The van der Waals surface area contributed by atoms with Crippen LogP contribution in [0.4, 0.5) is 0 Å². The molecule has 1 aliphatic rings. The molecule has 0 bridgehead atoms. The zero-order valence-corrected chi connectivity index (χ0v) is 15.8. The topological polar surface area (TPSA) is 58.2 Å². The number of hydrogen-bond acceptors (Lipinski definition) is 2. The summed E-state index contributed by atoms with van der Waals surface area (Å²) in [5.74, 6) is 0.374. The average molecular weight is 344 g/mol. The van der Waals surface area contributed by atoms with Gasteiger partial charge in [-0.2, -0.15) is 0 Å². The highest BCUT2D eigenvalue weighted by atomic mass is 16.2. The summed E-state index contributed by atoms with van der Waals surface area (Å²) in [6.45, 7) is 6.13. The highest BCUT2D eigenvalue weighted by Gasteiger charge is 2.27. The molecule has 25 heavy (non-hydrogen) atoms. The van der Waals surface area contributed by atoms with Gasteiger partial charge >= 0.3 is 0 Å². The van der Waals surface area contributed by atoms with Crippen molar-refractivity contribution in [2.75, 3.05) is 0 Å². The number of hydrogen-bond donors (Lipinski definition) is 2. The normalized spacial score (nSPS) is 17.8. The van der Waals surface area contributed by atoms with Crippen LogP contribution in [-0.2, 0) is 9.59 Å². The summed E-state index contributed by atoms with van der Waals surface area (Å²) >= 11 is 0. The van der Waals surface area contributed by atoms with E-state index in [9.17, 15) is 9.59 Å². The summed E-state index contributed by atoms with van der Waals surface area (Å²) in [5, 5.41) is 6.08. The highest BCUT2D eigenvalue weighted by Crippen LogP contribution is 2.24. The van der Waals surface area contributed by atoms with Crippen molar-refractivity contribution in [3.8, 4) is 0 Å². The zero-order chi connectivity index (χ0) is 18.2. The molecule has 1 aliphatic carbocycles. The van der Waals surface area contributed by atoms with Crippen LogP contribution < -0.4 is 10.6 Å². The third-order valence-electron chi connectivity index (χ3n) is 4.97. The molecule has 0 heterocycles. The van der Waals surface area contributed by atoms with Gasteiger partial charge in [0.15, 0.2) is 0 Å². The maximum absolute atomic E-state index is 12.8. The molecule has 1 fully saturated rings. The molecule has 4 heteroatoms. The van der Waals surface area contributed by atoms with Crippen LogP contribution in [0.25, 0.3) is 0 Å². The minimum absolute atomic E-state index is 0.0489. The lowest BCUT2D eigenvalue weighted by atomic mass is 9.88. The Labute approximate surface area is 151 Å². The number of nitrogens with one attached hydrogen (secondary N) is 2.